The topological polar surface area (TPSA) is 30.7 Å². The number of nitrogens with zero attached hydrogens (tertiary/aromatic N) is 3. The first kappa shape index (κ1) is 41.9. The lowest BCUT2D eigenvalue weighted by molar-refractivity contribution is 0.398. The molecule has 0 saturated heterocycles. The van der Waals surface area contributed by atoms with Crippen molar-refractivity contribution >= 4 is 21.8 Å². The summed E-state index contributed by atoms with van der Waals surface area (Å²) >= 11 is 0. The van der Waals surface area contributed by atoms with E-state index < -0.39 is 0 Å². The van der Waals surface area contributed by atoms with Crippen LogP contribution in [0, 0.1) is 13.8 Å². The van der Waals surface area contributed by atoms with Crippen molar-refractivity contribution in [1.82, 2.24) is 14.5 Å². The van der Waals surface area contributed by atoms with Crippen LogP contribution in [-0.4, -0.2) is 14.5 Å². The molecular formula is C55H71N3. The van der Waals surface area contributed by atoms with Crippen LogP contribution in [0.15, 0.2) is 78.9 Å². The summed E-state index contributed by atoms with van der Waals surface area (Å²) in [5.41, 5.74) is 15.6. The number of benzene rings is 4. The molecule has 3 heteroatoms. The Morgan fingerprint density at radius 3 is 1.55 bits per heavy atom. The summed E-state index contributed by atoms with van der Waals surface area (Å²) in [4.78, 5) is 10.7. The highest BCUT2D eigenvalue weighted by Gasteiger charge is 2.42. The molecule has 4 aromatic carbocycles. The molecule has 0 atom stereocenters. The molecule has 3 nitrogen and oxygen atoms in total. The first-order valence-electron chi connectivity index (χ1n) is 23.0. The van der Waals surface area contributed by atoms with Gasteiger partial charge in [0.25, 0.3) is 0 Å². The minimum absolute atomic E-state index is 0.0233. The zero-order valence-corrected chi connectivity index (χ0v) is 37.7. The predicted octanol–water partition coefficient (Wildman–Crippen LogP) is 16.2. The predicted molar refractivity (Wildman–Crippen MR) is 251 cm³/mol. The van der Waals surface area contributed by atoms with Gasteiger partial charge < -0.3 is 0 Å². The van der Waals surface area contributed by atoms with Crippen molar-refractivity contribution in [3.8, 4) is 28.3 Å². The highest BCUT2D eigenvalue weighted by Crippen LogP contribution is 2.55. The molecule has 0 fully saturated rings. The Balaban J connectivity index is 1.35. The van der Waals surface area contributed by atoms with Gasteiger partial charge in [-0.05, 0) is 107 Å². The van der Waals surface area contributed by atoms with Crippen molar-refractivity contribution in [3.63, 3.8) is 0 Å². The quantitative estimate of drug-likeness (QED) is 0.0917. The molecule has 0 unspecified atom stereocenters. The Morgan fingerprint density at radius 1 is 0.517 bits per heavy atom. The monoisotopic (exact) mass is 774 g/mol. The Hall–Kier alpha value is -4.24. The van der Waals surface area contributed by atoms with Crippen LogP contribution in [0.1, 0.15) is 179 Å². The molecule has 0 bridgehead atoms. The highest BCUT2D eigenvalue weighted by molar-refractivity contribution is 6.09. The molecule has 0 N–H and O–H groups in total. The van der Waals surface area contributed by atoms with E-state index in [-0.39, 0.29) is 16.2 Å². The number of fused-ring (bicyclic) bond motifs is 6. The second-order valence-electron chi connectivity index (χ2n) is 19.9. The second-order valence-corrected chi connectivity index (χ2v) is 19.9. The van der Waals surface area contributed by atoms with Gasteiger partial charge in [0.1, 0.15) is 0 Å². The molecule has 6 aromatic rings. The lowest BCUT2D eigenvalue weighted by atomic mass is 9.70. The molecule has 0 aliphatic heterocycles. The molecular weight excluding hydrogens is 703 g/mol. The zero-order chi connectivity index (χ0) is 41.2. The van der Waals surface area contributed by atoms with Crippen LogP contribution in [0.25, 0.3) is 50.1 Å². The maximum absolute atomic E-state index is 5.49. The number of unbranched alkanes of at least 4 members (excludes halogenated alkanes) is 10. The number of aryl methyl sites for hydroxylation is 2. The number of aromatic nitrogens is 3. The van der Waals surface area contributed by atoms with E-state index in [9.17, 15) is 0 Å². The van der Waals surface area contributed by atoms with E-state index in [1.54, 1.807) is 5.56 Å². The summed E-state index contributed by atoms with van der Waals surface area (Å²) in [6, 6.07) is 30.8. The molecule has 0 saturated carbocycles. The maximum Gasteiger partial charge on any atom is 0.235 e. The van der Waals surface area contributed by atoms with Crippen LogP contribution in [-0.2, 0) is 16.2 Å². The van der Waals surface area contributed by atoms with E-state index >= 15 is 0 Å². The van der Waals surface area contributed by atoms with Crippen LogP contribution in [0.4, 0.5) is 0 Å². The smallest absolute Gasteiger partial charge is 0.235 e. The molecule has 0 amide bonds. The summed E-state index contributed by atoms with van der Waals surface area (Å²) in [7, 11) is 0. The summed E-state index contributed by atoms with van der Waals surface area (Å²) in [6.45, 7) is 22.9. The second kappa shape index (κ2) is 17.2. The highest BCUT2D eigenvalue weighted by atomic mass is 15.2. The van der Waals surface area contributed by atoms with E-state index in [0.29, 0.717) is 0 Å². The van der Waals surface area contributed by atoms with Gasteiger partial charge in [-0.3, -0.25) is 4.57 Å². The van der Waals surface area contributed by atoms with Gasteiger partial charge in [0, 0.05) is 27.4 Å². The van der Waals surface area contributed by atoms with E-state index in [0.717, 1.165) is 28.4 Å². The van der Waals surface area contributed by atoms with Crippen LogP contribution in [0.5, 0.6) is 0 Å². The van der Waals surface area contributed by atoms with Crippen molar-refractivity contribution in [2.45, 2.75) is 175 Å². The minimum Gasteiger partial charge on any atom is -0.278 e. The van der Waals surface area contributed by atoms with Crippen molar-refractivity contribution < 1.29 is 0 Å². The lowest BCUT2D eigenvalue weighted by Gasteiger charge is -2.33. The van der Waals surface area contributed by atoms with Crippen LogP contribution in [0.3, 0.4) is 0 Å². The van der Waals surface area contributed by atoms with Gasteiger partial charge in [0.15, 0.2) is 0 Å². The Bertz CT molecular complexity index is 2290. The summed E-state index contributed by atoms with van der Waals surface area (Å²) in [5.74, 6) is 0.742. The first-order valence-corrected chi connectivity index (χ1v) is 23.0. The third-order valence-electron chi connectivity index (χ3n) is 13.3. The van der Waals surface area contributed by atoms with Crippen LogP contribution in [0.2, 0.25) is 0 Å². The molecule has 7 rings (SSSR count). The standard InChI is InChI=1S/C55H71N3/c1-11-13-15-17-19-21-31-55(32-22-20-18-16-14-12-2)47-33-38(3)23-27-43(47)44-28-24-40(35-48(44)55)49-34-39(4)56-52(57-49)58-50-29-25-41(53(5,6)7)36-45(50)46-37-42(54(8,9)10)26-30-51(46)58/h23-30,33-37H,11-22,31-32H2,1-10H3. The zero-order valence-electron chi connectivity index (χ0n) is 37.7. The van der Waals surface area contributed by atoms with E-state index in [4.69, 9.17) is 9.97 Å². The Morgan fingerprint density at radius 2 is 1.02 bits per heavy atom. The lowest BCUT2D eigenvalue weighted by Crippen LogP contribution is -2.25. The molecule has 1 aliphatic carbocycles. The first-order chi connectivity index (χ1) is 27.7. The molecule has 0 spiro atoms. The van der Waals surface area contributed by atoms with Gasteiger partial charge in [-0.25, -0.2) is 9.97 Å². The van der Waals surface area contributed by atoms with Crippen molar-refractivity contribution in [2.75, 3.05) is 0 Å². The Labute approximate surface area is 351 Å². The SMILES string of the molecule is CCCCCCCCC1(CCCCCCCC)c2cc(C)ccc2-c2ccc(-c3cc(C)nc(-n4c5ccc(C(C)(C)C)cc5c5cc(C(C)(C)C)ccc54)n3)cc21. The van der Waals surface area contributed by atoms with E-state index in [1.807, 2.05) is 0 Å². The van der Waals surface area contributed by atoms with Crippen LogP contribution < -0.4 is 0 Å². The summed E-state index contributed by atoms with van der Waals surface area (Å²) in [5, 5.41) is 2.53. The molecule has 58 heavy (non-hydrogen) atoms. The number of hydrogen-bond donors (Lipinski definition) is 0. The van der Waals surface area contributed by atoms with Gasteiger partial charge in [-0.15, -0.1) is 0 Å². The van der Waals surface area contributed by atoms with Crippen molar-refractivity contribution in [2.24, 2.45) is 0 Å². The fourth-order valence-corrected chi connectivity index (χ4v) is 9.82. The van der Waals surface area contributed by atoms with Crippen molar-refractivity contribution in [3.05, 3.63) is 112 Å². The van der Waals surface area contributed by atoms with Crippen molar-refractivity contribution in [1.29, 1.82) is 0 Å². The van der Waals surface area contributed by atoms with Gasteiger partial charge in [-0.2, -0.15) is 0 Å². The van der Waals surface area contributed by atoms with Gasteiger partial charge in [0.2, 0.25) is 5.95 Å². The maximum atomic E-state index is 5.49. The molecule has 306 valence electrons. The molecule has 2 heterocycles. The fourth-order valence-electron chi connectivity index (χ4n) is 9.82. The third kappa shape index (κ3) is 8.43. The molecule has 1 aliphatic rings. The molecule has 0 radical (unpaired) electrons. The normalized spacial score (nSPS) is 13.8. The largest absolute Gasteiger partial charge is 0.278 e. The third-order valence-corrected chi connectivity index (χ3v) is 13.3. The van der Waals surface area contributed by atoms with E-state index in [1.165, 1.54) is 140 Å². The van der Waals surface area contributed by atoms with Crippen LogP contribution >= 0.6 is 0 Å². The number of hydrogen-bond acceptors (Lipinski definition) is 2. The number of rotatable bonds is 16. The van der Waals surface area contributed by atoms with Gasteiger partial charge >= 0.3 is 0 Å². The Kier molecular flexibility index (Phi) is 12.4. The van der Waals surface area contributed by atoms with E-state index in [2.05, 4.69) is 153 Å². The minimum atomic E-state index is 0.0233. The van der Waals surface area contributed by atoms with Gasteiger partial charge in [-0.1, -0.05) is 180 Å². The fraction of sp³-hybridized carbons (Fsp3) is 0.491. The van der Waals surface area contributed by atoms with Gasteiger partial charge in [0.05, 0.1) is 16.7 Å². The molecule has 2 aromatic heterocycles. The summed E-state index contributed by atoms with van der Waals surface area (Å²) in [6.07, 6.45) is 18.3. The summed E-state index contributed by atoms with van der Waals surface area (Å²) < 4.78 is 2.31. The average Bonchev–Trinajstić information content (AvgIpc) is 3.65. The average molecular weight is 774 g/mol.